The van der Waals surface area contributed by atoms with Crippen molar-refractivity contribution < 1.29 is 14.3 Å². The number of para-hydroxylation sites is 1. The summed E-state index contributed by atoms with van der Waals surface area (Å²) in [5.74, 6) is 0.215. The van der Waals surface area contributed by atoms with Gasteiger partial charge < -0.3 is 14.4 Å². The first-order valence-corrected chi connectivity index (χ1v) is 8.59. The zero-order valence-electron chi connectivity index (χ0n) is 15.1. The monoisotopic (exact) mass is 353 g/mol. The number of hydrogen-bond acceptors (Lipinski definition) is 5. The molecule has 0 saturated carbocycles. The van der Waals surface area contributed by atoms with Crippen molar-refractivity contribution in [2.45, 2.75) is 6.92 Å². The lowest BCUT2D eigenvalue weighted by molar-refractivity contribution is 0.0952. The first-order chi connectivity index (χ1) is 12.7. The van der Waals surface area contributed by atoms with Crippen LogP contribution in [0.1, 0.15) is 21.5 Å². The van der Waals surface area contributed by atoms with Gasteiger partial charge in [0.05, 0.1) is 32.1 Å². The Morgan fingerprint density at radius 2 is 2.00 bits per heavy atom. The molecule has 6 nitrogen and oxygen atoms in total. The minimum absolute atomic E-state index is 0.304. The molecule has 1 saturated heterocycles. The lowest BCUT2D eigenvalue weighted by Gasteiger charge is -2.29. The van der Waals surface area contributed by atoms with Crippen molar-refractivity contribution in [1.82, 2.24) is 5.43 Å². The molecule has 26 heavy (non-hydrogen) atoms. The molecule has 0 spiro atoms. The van der Waals surface area contributed by atoms with Crippen molar-refractivity contribution in [2.75, 3.05) is 38.3 Å². The molecule has 1 aliphatic rings. The molecule has 0 atom stereocenters. The van der Waals surface area contributed by atoms with E-state index >= 15 is 0 Å². The van der Waals surface area contributed by atoms with Gasteiger partial charge in [0.2, 0.25) is 0 Å². The molecule has 2 aromatic carbocycles. The van der Waals surface area contributed by atoms with Gasteiger partial charge >= 0.3 is 0 Å². The second kappa shape index (κ2) is 8.49. The predicted octanol–water partition coefficient (Wildman–Crippen LogP) is 2.60. The highest BCUT2D eigenvalue weighted by molar-refractivity contribution is 5.97. The summed E-state index contributed by atoms with van der Waals surface area (Å²) in [6.07, 6.45) is 1.66. The van der Waals surface area contributed by atoms with E-state index in [1.54, 1.807) is 24.4 Å². The summed E-state index contributed by atoms with van der Waals surface area (Å²) in [4.78, 5) is 14.5. The van der Waals surface area contributed by atoms with Crippen LogP contribution in [0.5, 0.6) is 5.75 Å². The van der Waals surface area contributed by atoms with Gasteiger partial charge in [0.1, 0.15) is 5.75 Å². The van der Waals surface area contributed by atoms with E-state index < -0.39 is 0 Å². The largest absolute Gasteiger partial charge is 0.496 e. The maximum atomic E-state index is 12.2. The molecule has 0 aromatic heterocycles. The Hall–Kier alpha value is -2.86. The Kier molecular flexibility index (Phi) is 5.86. The molecule has 0 radical (unpaired) electrons. The highest BCUT2D eigenvalue weighted by Gasteiger charge is 2.12. The fraction of sp³-hybridized carbons (Fsp3) is 0.300. The van der Waals surface area contributed by atoms with Crippen molar-refractivity contribution in [1.29, 1.82) is 0 Å². The quantitative estimate of drug-likeness (QED) is 0.663. The molecule has 1 heterocycles. The van der Waals surface area contributed by atoms with Crippen molar-refractivity contribution >= 4 is 17.8 Å². The lowest BCUT2D eigenvalue weighted by atomic mass is 10.1. The first-order valence-electron chi connectivity index (χ1n) is 8.59. The summed E-state index contributed by atoms with van der Waals surface area (Å²) < 4.78 is 10.6. The van der Waals surface area contributed by atoms with Gasteiger partial charge in [-0.3, -0.25) is 4.79 Å². The average molecular weight is 353 g/mol. The molecule has 0 aliphatic carbocycles. The number of rotatable bonds is 5. The highest BCUT2D eigenvalue weighted by Crippen LogP contribution is 2.20. The minimum atomic E-state index is -0.304. The molecule has 1 aliphatic heterocycles. The number of ether oxygens (including phenoxy) is 2. The number of morpholine rings is 1. The van der Waals surface area contributed by atoms with Crippen molar-refractivity contribution in [3.05, 3.63) is 59.2 Å². The molecular weight excluding hydrogens is 330 g/mol. The van der Waals surface area contributed by atoms with Gasteiger partial charge in [-0.1, -0.05) is 18.2 Å². The lowest BCUT2D eigenvalue weighted by Crippen LogP contribution is -2.36. The number of carbonyl (C=O) groups is 1. The summed E-state index contributed by atoms with van der Waals surface area (Å²) in [7, 11) is 1.54. The number of amides is 1. The second-order valence-corrected chi connectivity index (χ2v) is 6.04. The molecule has 0 unspecified atom stereocenters. The van der Waals surface area contributed by atoms with E-state index in [0.717, 1.165) is 37.4 Å². The van der Waals surface area contributed by atoms with E-state index in [2.05, 4.69) is 27.6 Å². The number of aryl methyl sites for hydroxylation is 1. The summed E-state index contributed by atoms with van der Waals surface area (Å²) in [6.45, 7) is 5.37. The van der Waals surface area contributed by atoms with E-state index in [-0.39, 0.29) is 5.91 Å². The second-order valence-electron chi connectivity index (χ2n) is 6.04. The van der Waals surface area contributed by atoms with Crippen molar-refractivity contribution in [2.24, 2.45) is 5.10 Å². The summed E-state index contributed by atoms with van der Waals surface area (Å²) in [6, 6.07) is 13.3. The topological polar surface area (TPSA) is 63.2 Å². The Labute approximate surface area is 153 Å². The smallest absolute Gasteiger partial charge is 0.275 e. The number of carbonyl (C=O) groups excluding carboxylic acids is 1. The molecule has 2 aromatic rings. The Morgan fingerprint density at radius 1 is 1.23 bits per heavy atom. The van der Waals surface area contributed by atoms with Crippen LogP contribution in [0.4, 0.5) is 5.69 Å². The average Bonchev–Trinajstić information content (AvgIpc) is 2.69. The minimum Gasteiger partial charge on any atom is -0.496 e. The zero-order chi connectivity index (χ0) is 18.4. The molecular formula is C20H23N3O3. The SMILES string of the molecule is COc1ccccc1C(=O)N/N=C\c1ccc(N2CCOCC2)cc1C. The molecule has 3 rings (SSSR count). The number of nitrogens with one attached hydrogen (secondary N) is 1. The fourth-order valence-corrected chi connectivity index (χ4v) is 2.88. The van der Waals surface area contributed by atoms with Gasteiger partial charge in [-0.2, -0.15) is 5.10 Å². The molecule has 1 N–H and O–H groups in total. The number of hydrazone groups is 1. The van der Waals surface area contributed by atoms with Crippen LogP contribution < -0.4 is 15.1 Å². The van der Waals surface area contributed by atoms with E-state index in [4.69, 9.17) is 9.47 Å². The summed E-state index contributed by atoms with van der Waals surface area (Å²) in [5, 5.41) is 4.08. The van der Waals surface area contributed by atoms with Gasteiger partial charge in [0, 0.05) is 18.8 Å². The normalized spacial score (nSPS) is 14.5. The Balaban J connectivity index is 1.65. The maximum Gasteiger partial charge on any atom is 0.275 e. The van der Waals surface area contributed by atoms with Gasteiger partial charge in [-0.15, -0.1) is 0 Å². The van der Waals surface area contributed by atoms with E-state index in [9.17, 15) is 4.79 Å². The molecule has 1 fully saturated rings. The van der Waals surface area contributed by atoms with Crippen LogP contribution in [-0.4, -0.2) is 45.5 Å². The third-order valence-electron chi connectivity index (χ3n) is 4.35. The standard InChI is InChI=1S/C20H23N3O3/c1-15-13-17(23-9-11-26-12-10-23)8-7-16(15)14-21-22-20(24)18-5-3-4-6-19(18)25-2/h3-8,13-14H,9-12H2,1-2H3,(H,22,24)/b21-14-. The van der Waals surface area contributed by atoms with Crippen LogP contribution in [0, 0.1) is 6.92 Å². The number of benzene rings is 2. The van der Waals surface area contributed by atoms with Crippen LogP contribution >= 0.6 is 0 Å². The number of nitrogens with zero attached hydrogens (tertiary/aromatic N) is 2. The van der Waals surface area contributed by atoms with Crippen LogP contribution in [0.2, 0.25) is 0 Å². The van der Waals surface area contributed by atoms with Gasteiger partial charge in [0.25, 0.3) is 5.91 Å². The van der Waals surface area contributed by atoms with Gasteiger partial charge in [-0.05, 0) is 42.3 Å². The number of methoxy groups -OCH3 is 1. The third-order valence-corrected chi connectivity index (χ3v) is 4.35. The van der Waals surface area contributed by atoms with Crippen molar-refractivity contribution in [3.63, 3.8) is 0 Å². The number of anilines is 1. The van der Waals surface area contributed by atoms with E-state index in [1.165, 1.54) is 12.8 Å². The molecule has 136 valence electrons. The van der Waals surface area contributed by atoms with E-state index in [0.29, 0.717) is 11.3 Å². The summed E-state index contributed by atoms with van der Waals surface area (Å²) in [5.41, 5.74) is 6.24. The van der Waals surface area contributed by atoms with E-state index in [1.807, 2.05) is 19.1 Å². The van der Waals surface area contributed by atoms with Crippen LogP contribution in [0.25, 0.3) is 0 Å². The molecule has 6 heteroatoms. The maximum absolute atomic E-state index is 12.2. The van der Waals surface area contributed by atoms with Crippen LogP contribution in [0.3, 0.4) is 0 Å². The highest BCUT2D eigenvalue weighted by atomic mass is 16.5. The number of hydrogen-bond donors (Lipinski definition) is 1. The third kappa shape index (κ3) is 4.21. The van der Waals surface area contributed by atoms with Crippen LogP contribution in [-0.2, 0) is 4.74 Å². The fourth-order valence-electron chi connectivity index (χ4n) is 2.88. The van der Waals surface area contributed by atoms with Crippen molar-refractivity contribution in [3.8, 4) is 5.75 Å². The Bertz CT molecular complexity index is 799. The zero-order valence-corrected chi connectivity index (χ0v) is 15.1. The molecule has 0 bridgehead atoms. The van der Waals surface area contributed by atoms with Gasteiger partial charge in [0.15, 0.2) is 0 Å². The van der Waals surface area contributed by atoms with Gasteiger partial charge in [-0.25, -0.2) is 5.43 Å². The molecule has 1 amide bonds. The Morgan fingerprint density at radius 3 is 2.73 bits per heavy atom. The first kappa shape index (κ1) is 17.9. The predicted molar refractivity (Wildman–Crippen MR) is 102 cm³/mol. The van der Waals surface area contributed by atoms with Crippen LogP contribution in [0.15, 0.2) is 47.6 Å². The summed E-state index contributed by atoms with van der Waals surface area (Å²) >= 11 is 0.